The summed E-state index contributed by atoms with van der Waals surface area (Å²) in [6.45, 7) is 9.38. The Morgan fingerprint density at radius 3 is 2.33 bits per heavy atom. The third kappa shape index (κ3) is 8.48. The molecule has 0 saturated heterocycles. The second-order valence-corrected chi connectivity index (χ2v) is 11.5. The van der Waals surface area contributed by atoms with Gasteiger partial charge in [0.2, 0.25) is 5.91 Å². The summed E-state index contributed by atoms with van der Waals surface area (Å²) < 4.78 is 5.43. The highest BCUT2D eigenvalue weighted by atomic mass is 32.2. The topological polar surface area (TPSA) is 87.7 Å². The van der Waals surface area contributed by atoms with Gasteiger partial charge >= 0.3 is 6.09 Å². The predicted octanol–water partition coefficient (Wildman–Crippen LogP) is 6.32. The molecule has 0 radical (unpaired) electrons. The number of amides is 3. The van der Waals surface area contributed by atoms with Crippen LogP contribution in [0.4, 0.5) is 10.5 Å². The summed E-state index contributed by atoms with van der Waals surface area (Å²) in [6, 6.07) is 19.5. The van der Waals surface area contributed by atoms with E-state index in [0.29, 0.717) is 23.4 Å². The van der Waals surface area contributed by atoms with Crippen LogP contribution in [0.3, 0.4) is 0 Å². The van der Waals surface area contributed by atoms with Crippen LogP contribution in [0.25, 0.3) is 10.8 Å². The van der Waals surface area contributed by atoms with Gasteiger partial charge in [-0.05, 0) is 81.5 Å². The Labute approximate surface area is 235 Å². The van der Waals surface area contributed by atoms with Crippen molar-refractivity contribution in [3.8, 4) is 0 Å². The molecule has 3 aromatic rings. The monoisotopic (exact) mass is 549 g/mol. The van der Waals surface area contributed by atoms with E-state index in [9.17, 15) is 14.4 Å². The molecule has 2 unspecified atom stereocenters. The zero-order valence-corrected chi connectivity index (χ0v) is 24.4. The van der Waals surface area contributed by atoms with Gasteiger partial charge in [0.05, 0.1) is 0 Å². The molecule has 3 amide bonds. The van der Waals surface area contributed by atoms with Crippen molar-refractivity contribution in [1.82, 2.24) is 10.2 Å². The van der Waals surface area contributed by atoms with Gasteiger partial charge in [0.15, 0.2) is 0 Å². The van der Waals surface area contributed by atoms with Gasteiger partial charge in [0, 0.05) is 12.2 Å². The van der Waals surface area contributed by atoms with Gasteiger partial charge in [-0.25, -0.2) is 4.79 Å². The van der Waals surface area contributed by atoms with Crippen molar-refractivity contribution in [2.45, 2.75) is 58.7 Å². The molecule has 3 aromatic carbocycles. The van der Waals surface area contributed by atoms with Gasteiger partial charge in [-0.2, -0.15) is 11.8 Å². The highest BCUT2D eigenvalue weighted by molar-refractivity contribution is 7.98. The Kier molecular flexibility index (Phi) is 10.4. The summed E-state index contributed by atoms with van der Waals surface area (Å²) in [7, 11) is 0. The Hall–Kier alpha value is -3.52. The second kappa shape index (κ2) is 13.5. The number of rotatable bonds is 10. The first-order valence-electron chi connectivity index (χ1n) is 13.2. The fourth-order valence-electron chi connectivity index (χ4n) is 4.40. The number of aryl methyl sites for hydroxylation is 1. The smallest absolute Gasteiger partial charge is 0.408 e. The average Bonchev–Trinajstić information content (AvgIpc) is 2.88. The molecule has 0 bridgehead atoms. The van der Waals surface area contributed by atoms with Gasteiger partial charge in [0.25, 0.3) is 5.91 Å². The van der Waals surface area contributed by atoms with Crippen LogP contribution in [0.5, 0.6) is 0 Å². The van der Waals surface area contributed by atoms with Crippen LogP contribution in [0.2, 0.25) is 0 Å². The molecule has 0 aliphatic carbocycles. The zero-order chi connectivity index (χ0) is 28.6. The van der Waals surface area contributed by atoms with Crippen molar-refractivity contribution in [3.63, 3.8) is 0 Å². The van der Waals surface area contributed by atoms with Gasteiger partial charge < -0.3 is 20.3 Å². The first kappa shape index (κ1) is 30.0. The van der Waals surface area contributed by atoms with Gasteiger partial charge in [-0.15, -0.1) is 0 Å². The van der Waals surface area contributed by atoms with E-state index in [1.165, 1.54) is 4.90 Å². The number of carbonyl (C=O) groups is 3. The van der Waals surface area contributed by atoms with Crippen molar-refractivity contribution in [2.75, 3.05) is 23.9 Å². The number of carbonyl (C=O) groups excluding carboxylic acids is 3. The number of nitrogens with one attached hydrogen (secondary N) is 2. The fraction of sp³-hybridized carbons (Fsp3) is 0.387. The van der Waals surface area contributed by atoms with Crippen LogP contribution in [-0.2, 0) is 14.3 Å². The molecule has 2 atom stereocenters. The summed E-state index contributed by atoms with van der Waals surface area (Å²) in [5.41, 5.74) is 1.62. The molecule has 39 heavy (non-hydrogen) atoms. The van der Waals surface area contributed by atoms with Gasteiger partial charge in [-0.1, -0.05) is 60.2 Å². The van der Waals surface area contributed by atoms with Gasteiger partial charge in [-0.3, -0.25) is 9.59 Å². The maximum atomic E-state index is 14.0. The van der Waals surface area contributed by atoms with Crippen LogP contribution < -0.4 is 10.6 Å². The minimum absolute atomic E-state index is 0.272. The van der Waals surface area contributed by atoms with E-state index in [0.717, 1.165) is 16.3 Å². The number of alkyl carbamates (subject to hydrolysis) is 1. The highest BCUT2D eigenvalue weighted by Crippen LogP contribution is 2.27. The lowest BCUT2D eigenvalue weighted by molar-refractivity contribution is -0.140. The minimum atomic E-state index is -0.897. The average molecular weight is 550 g/mol. The normalized spacial score (nSPS) is 12.9. The molecular formula is C31H39N3O4S. The van der Waals surface area contributed by atoms with E-state index in [2.05, 4.69) is 10.6 Å². The van der Waals surface area contributed by atoms with Crippen LogP contribution in [0.1, 0.15) is 51.3 Å². The third-order valence-corrected chi connectivity index (χ3v) is 6.80. The Bertz CT molecular complexity index is 1300. The maximum Gasteiger partial charge on any atom is 0.408 e. The van der Waals surface area contributed by atoms with Crippen LogP contribution >= 0.6 is 11.8 Å². The summed E-state index contributed by atoms with van der Waals surface area (Å²) in [5, 5.41) is 7.85. The quantitative estimate of drug-likeness (QED) is 0.309. The summed E-state index contributed by atoms with van der Waals surface area (Å²) in [5.74, 6) is -0.00754. The van der Waals surface area contributed by atoms with E-state index < -0.39 is 23.8 Å². The highest BCUT2D eigenvalue weighted by Gasteiger charge is 2.35. The van der Waals surface area contributed by atoms with Crippen LogP contribution in [0.15, 0.2) is 66.7 Å². The van der Waals surface area contributed by atoms with Crippen molar-refractivity contribution in [1.29, 1.82) is 0 Å². The fourth-order valence-corrected chi connectivity index (χ4v) is 4.87. The Morgan fingerprint density at radius 2 is 1.69 bits per heavy atom. The van der Waals surface area contributed by atoms with E-state index in [1.54, 1.807) is 32.5 Å². The van der Waals surface area contributed by atoms with Crippen LogP contribution in [0, 0.1) is 6.92 Å². The number of benzene rings is 3. The molecule has 3 rings (SSSR count). The van der Waals surface area contributed by atoms with Crippen molar-refractivity contribution in [3.05, 3.63) is 77.9 Å². The largest absolute Gasteiger partial charge is 0.444 e. The molecule has 0 saturated carbocycles. The number of anilines is 1. The number of fused-ring (bicyclic) bond motifs is 1. The maximum absolute atomic E-state index is 14.0. The predicted molar refractivity (Wildman–Crippen MR) is 160 cm³/mol. The minimum Gasteiger partial charge on any atom is -0.444 e. The first-order valence-corrected chi connectivity index (χ1v) is 14.6. The molecular weight excluding hydrogens is 510 g/mol. The molecule has 0 spiro atoms. The van der Waals surface area contributed by atoms with Crippen molar-refractivity contribution in [2.24, 2.45) is 0 Å². The molecule has 0 fully saturated rings. The number of likely N-dealkylation sites (N-methyl/N-ethyl adjacent to an activating group) is 1. The number of thioether (sulfide) groups is 1. The third-order valence-electron chi connectivity index (χ3n) is 6.16. The van der Waals surface area contributed by atoms with E-state index in [4.69, 9.17) is 4.74 Å². The first-order chi connectivity index (χ1) is 18.5. The molecule has 2 N–H and O–H groups in total. The molecule has 0 aliphatic rings. The molecule has 8 heteroatoms. The lowest BCUT2D eigenvalue weighted by Gasteiger charge is -2.34. The summed E-state index contributed by atoms with van der Waals surface area (Å²) in [4.78, 5) is 42.0. The summed E-state index contributed by atoms with van der Waals surface area (Å²) in [6.07, 6.45) is 1.69. The standard InChI is InChI=1S/C31H39N3O4S/c1-7-34(29(36)26(17-18-39-6)33-30(37)38-31(3,4)5)27(24-14-10-11-21(2)19-24)28(35)32-25-16-15-22-12-8-9-13-23(22)20-25/h8-16,19-20,26-27H,7,17-18H2,1-6H3,(H,32,35)(H,33,37). The second-order valence-electron chi connectivity index (χ2n) is 10.5. The van der Waals surface area contributed by atoms with E-state index in [1.807, 2.05) is 86.8 Å². The molecule has 0 aromatic heterocycles. The number of nitrogens with zero attached hydrogens (tertiary/aromatic N) is 1. The van der Waals surface area contributed by atoms with Crippen molar-refractivity contribution >= 4 is 46.1 Å². The van der Waals surface area contributed by atoms with Crippen molar-refractivity contribution < 1.29 is 19.1 Å². The lowest BCUT2D eigenvalue weighted by atomic mass is 10.0. The molecule has 0 aliphatic heterocycles. The number of hydrogen-bond donors (Lipinski definition) is 2. The van der Waals surface area contributed by atoms with Gasteiger partial charge in [0.1, 0.15) is 17.7 Å². The Balaban J connectivity index is 1.95. The van der Waals surface area contributed by atoms with Crippen LogP contribution in [-0.4, -0.2) is 53.0 Å². The lowest BCUT2D eigenvalue weighted by Crippen LogP contribution is -2.52. The van der Waals surface area contributed by atoms with E-state index >= 15 is 0 Å². The zero-order valence-electron chi connectivity index (χ0n) is 23.6. The SMILES string of the molecule is CCN(C(=O)C(CCSC)NC(=O)OC(C)(C)C)C(C(=O)Nc1ccc2ccccc2c1)c1cccc(C)c1. The van der Waals surface area contributed by atoms with E-state index in [-0.39, 0.29) is 18.4 Å². The molecule has 0 heterocycles. The molecule has 7 nitrogen and oxygen atoms in total. The summed E-state index contributed by atoms with van der Waals surface area (Å²) >= 11 is 1.58. The number of hydrogen-bond acceptors (Lipinski definition) is 5. The molecule has 208 valence electrons. The Morgan fingerprint density at radius 1 is 0.974 bits per heavy atom. The number of ether oxygens (including phenoxy) is 1.